The number of nitrogens with zero attached hydrogens (tertiary/aromatic N) is 2. The number of likely N-dealkylation sites (tertiary alicyclic amines) is 1. The van der Waals surface area contributed by atoms with Gasteiger partial charge in [0.15, 0.2) is 5.96 Å². The molecule has 1 unspecified atom stereocenters. The summed E-state index contributed by atoms with van der Waals surface area (Å²) in [6, 6.07) is 0. The molecule has 0 aromatic carbocycles. The summed E-state index contributed by atoms with van der Waals surface area (Å²) in [4.78, 5) is 6.87. The standard InChI is InChI=1S/C17H36N4O.HI/c1-4-22-14-8-11-20-17(18-3)19-10-5-6-12-21-13-7-9-16(2)15-21;/h16H,4-15H2,1-3H3,(H2,18,19,20);1H. The van der Waals surface area contributed by atoms with Crippen LogP contribution in [0.25, 0.3) is 0 Å². The fourth-order valence-corrected chi connectivity index (χ4v) is 2.90. The zero-order valence-corrected chi connectivity index (χ0v) is 17.6. The number of unbranched alkanes of at least 4 members (excludes halogenated alkanes) is 1. The number of rotatable bonds is 10. The van der Waals surface area contributed by atoms with Crippen LogP contribution in [0.1, 0.15) is 46.0 Å². The van der Waals surface area contributed by atoms with Gasteiger partial charge in [0.1, 0.15) is 0 Å². The minimum atomic E-state index is 0. The van der Waals surface area contributed by atoms with Gasteiger partial charge in [-0.05, 0) is 58.0 Å². The molecule has 0 aromatic rings. The molecular formula is C17H37IN4O. The summed E-state index contributed by atoms with van der Waals surface area (Å²) in [6.45, 7) is 11.7. The monoisotopic (exact) mass is 440 g/mol. The van der Waals surface area contributed by atoms with Gasteiger partial charge in [-0.1, -0.05) is 6.92 Å². The van der Waals surface area contributed by atoms with Crippen molar-refractivity contribution in [1.82, 2.24) is 15.5 Å². The molecule has 0 amide bonds. The summed E-state index contributed by atoms with van der Waals surface area (Å²) < 4.78 is 5.32. The smallest absolute Gasteiger partial charge is 0.190 e. The van der Waals surface area contributed by atoms with E-state index in [0.717, 1.165) is 44.6 Å². The molecule has 1 fully saturated rings. The lowest BCUT2D eigenvalue weighted by Crippen LogP contribution is -2.39. The van der Waals surface area contributed by atoms with E-state index >= 15 is 0 Å². The van der Waals surface area contributed by atoms with Gasteiger partial charge >= 0.3 is 0 Å². The van der Waals surface area contributed by atoms with E-state index in [2.05, 4.69) is 27.4 Å². The average molecular weight is 440 g/mol. The highest BCUT2D eigenvalue weighted by Gasteiger charge is 2.15. The first-order chi connectivity index (χ1) is 10.8. The molecule has 1 saturated heterocycles. The maximum Gasteiger partial charge on any atom is 0.190 e. The minimum absolute atomic E-state index is 0. The summed E-state index contributed by atoms with van der Waals surface area (Å²) in [5.74, 6) is 1.79. The molecule has 1 rings (SSSR count). The van der Waals surface area contributed by atoms with Gasteiger partial charge in [0, 0.05) is 39.9 Å². The maximum absolute atomic E-state index is 5.32. The Morgan fingerprint density at radius 1 is 1.22 bits per heavy atom. The number of ether oxygens (including phenoxy) is 1. The number of aliphatic imine (C=N–C) groups is 1. The first kappa shape index (κ1) is 22.9. The largest absolute Gasteiger partial charge is 0.382 e. The predicted octanol–water partition coefficient (Wildman–Crippen LogP) is 2.71. The zero-order chi connectivity index (χ0) is 16.0. The second-order valence-corrected chi connectivity index (χ2v) is 6.23. The molecule has 138 valence electrons. The molecule has 0 saturated carbocycles. The number of hydrogen-bond donors (Lipinski definition) is 2. The first-order valence-corrected chi connectivity index (χ1v) is 9.00. The van der Waals surface area contributed by atoms with Crippen LogP contribution in [0.4, 0.5) is 0 Å². The highest BCUT2D eigenvalue weighted by molar-refractivity contribution is 14.0. The van der Waals surface area contributed by atoms with Gasteiger partial charge in [0.25, 0.3) is 0 Å². The molecule has 2 N–H and O–H groups in total. The Labute approximate surface area is 160 Å². The van der Waals surface area contributed by atoms with E-state index in [1.807, 2.05) is 14.0 Å². The van der Waals surface area contributed by atoms with Crippen LogP contribution in [-0.2, 0) is 4.74 Å². The maximum atomic E-state index is 5.32. The van der Waals surface area contributed by atoms with Gasteiger partial charge in [-0.25, -0.2) is 0 Å². The van der Waals surface area contributed by atoms with Crippen molar-refractivity contribution in [2.24, 2.45) is 10.9 Å². The third kappa shape index (κ3) is 12.0. The number of halogens is 1. The molecule has 0 aromatic heterocycles. The van der Waals surface area contributed by atoms with Gasteiger partial charge < -0.3 is 20.3 Å². The van der Waals surface area contributed by atoms with Crippen molar-refractivity contribution in [3.05, 3.63) is 0 Å². The molecule has 1 aliphatic heterocycles. The van der Waals surface area contributed by atoms with Crippen LogP contribution in [0.15, 0.2) is 4.99 Å². The fraction of sp³-hybridized carbons (Fsp3) is 0.941. The summed E-state index contributed by atoms with van der Waals surface area (Å²) in [5.41, 5.74) is 0. The van der Waals surface area contributed by atoms with Crippen molar-refractivity contribution >= 4 is 29.9 Å². The highest BCUT2D eigenvalue weighted by atomic mass is 127. The molecule has 0 spiro atoms. The van der Waals surface area contributed by atoms with E-state index in [9.17, 15) is 0 Å². The fourth-order valence-electron chi connectivity index (χ4n) is 2.90. The summed E-state index contributed by atoms with van der Waals surface area (Å²) in [6.07, 6.45) is 6.26. The van der Waals surface area contributed by atoms with E-state index in [-0.39, 0.29) is 24.0 Å². The van der Waals surface area contributed by atoms with E-state index < -0.39 is 0 Å². The van der Waals surface area contributed by atoms with E-state index in [1.165, 1.54) is 45.3 Å². The van der Waals surface area contributed by atoms with Crippen LogP contribution < -0.4 is 10.6 Å². The summed E-state index contributed by atoms with van der Waals surface area (Å²) >= 11 is 0. The van der Waals surface area contributed by atoms with Gasteiger partial charge in [-0.15, -0.1) is 24.0 Å². The average Bonchev–Trinajstić information content (AvgIpc) is 2.52. The van der Waals surface area contributed by atoms with E-state index in [4.69, 9.17) is 4.74 Å². The van der Waals surface area contributed by atoms with Crippen molar-refractivity contribution in [2.75, 3.05) is 53.0 Å². The van der Waals surface area contributed by atoms with Crippen molar-refractivity contribution < 1.29 is 4.74 Å². The van der Waals surface area contributed by atoms with Crippen LogP contribution in [-0.4, -0.2) is 63.8 Å². The van der Waals surface area contributed by atoms with Crippen molar-refractivity contribution in [2.45, 2.75) is 46.0 Å². The third-order valence-corrected chi connectivity index (χ3v) is 4.12. The molecule has 5 nitrogen and oxygen atoms in total. The molecular weight excluding hydrogens is 403 g/mol. The van der Waals surface area contributed by atoms with Crippen molar-refractivity contribution in [1.29, 1.82) is 0 Å². The van der Waals surface area contributed by atoms with Gasteiger partial charge in [0.2, 0.25) is 0 Å². The third-order valence-electron chi connectivity index (χ3n) is 4.12. The van der Waals surface area contributed by atoms with Crippen LogP contribution in [0, 0.1) is 5.92 Å². The Hall–Kier alpha value is -0.0800. The first-order valence-electron chi connectivity index (χ1n) is 9.00. The molecule has 0 aliphatic carbocycles. The van der Waals surface area contributed by atoms with Gasteiger partial charge in [-0.3, -0.25) is 4.99 Å². The lowest BCUT2D eigenvalue weighted by Gasteiger charge is -2.30. The van der Waals surface area contributed by atoms with E-state index in [1.54, 1.807) is 0 Å². The quantitative estimate of drug-likeness (QED) is 0.237. The van der Waals surface area contributed by atoms with Crippen LogP contribution in [0.5, 0.6) is 0 Å². The van der Waals surface area contributed by atoms with Crippen LogP contribution in [0.3, 0.4) is 0 Å². The molecule has 23 heavy (non-hydrogen) atoms. The zero-order valence-electron chi connectivity index (χ0n) is 15.3. The molecule has 1 atom stereocenters. The topological polar surface area (TPSA) is 48.9 Å². The Morgan fingerprint density at radius 2 is 1.96 bits per heavy atom. The number of guanidine groups is 1. The SMILES string of the molecule is CCOCCCNC(=NC)NCCCCN1CCCC(C)C1.I. The minimum Gasteiger partial charge on any atom is -0.382 e. The Morgan fingerprint density at radius 3 is 2.61 bits per heavy atom. The molecule has 6 heteroatoms. The predicted molar refractivity (Wildman–Crippen MR) is 110 cm³/mol. The van der Waals surface area contributed by atoms with Crippen LogP contribution >= 0.6 is 24.0 Å². The van der Waals surface area contributed by atoms with Crippen molar-refractivity contribution in [3.63, 3.8) is 0 Å². The van der Waals surface area contributed by atoms with E-state index in [0.29, 0.717) is 0 Å². The molecule has 1 heterocycles. The Balaban J connectivity index is 0.00000484. The van der Waals surface area contributed by atoms with Gasteiger partial charge in [-0.2, -0.15) is 0 Å². The molecule has 0 radical (unpaired) electrons. The summed E-state index contributed by atoms with van der Waals surface area (Å²) in [7, 11) is 1.83. The lowest BCUT2D eigenvalue weighted by atomic mass is 10.0. The number of piperidine rings is 1. The van der Waals surface area contributed by atoms with Crippen molar-refractivity contribution in [3.8, 4) is 0 Å². The summed E-state index contributed by atoms with van der Waals surface area (Å²) in [5, 5.41) is 6.71. The lowest BCUT2D eigenvalue weighted by molar-refractivity contribution is 0.145. The second-order valence-electron chi connectivity index (χ2n) is 6.23. The molecule has 1 aliphatic rings. The molecule has 0 bridgehead atoms. The number of hydrogen-bond acceptors (Lipinski definition) is 3. The second kappa shape index (κ2) is 15.4. The highest BCUT2D eigenvalue weighted by Crippen LogP contribution is 2.15. The number of nitrogens with one attached hydrogen (secondary N) is 2. The Bertz CT molecular complexity index is 302. The van der Waals surface area contributed by atoms with Gasteiger partial charge in [0.05, 0.1) is 0 Å². The Kier molecular flexibility index (Phi) is 15.4. The van der Waals surface area contributed by atoms with Crippen LogP contribution in [0.2, 0.25) is 0 Å². The normalized spacial score (nSPS) is 19.3.